The number of aromatic nitrogens is 1. The number of hydrogen-bond acceptors (Lipinski definition) is 4. The first-order valence-electron chi connectivity index (χ1n) is 6.88. The van der Waals surface area contributed by atoms with Gasteiger partial charge in [0.15, 0.2) is 0 Å². The first kappa shape index (κ1) is 14.6. The summed E-state index contributed by atoms with van der Waals surface area (Å²) in [5.74, 6) is 0.858. The van der Waals surface area contributed by atoms with Crippen molar-refractivity contribution in [2.45, 2.75) is 38.9 Å². The Morgan fingerprint density at radius 1 is 1.42 bits per heavy atom. The van der Waals surface area contributed by atoms with Gasteiger partial charge in [0, 0.05) is 19.8 Å². The minimum atomic E-state index is 0.263. The van der Waals surface area contributed by atoms with Crippen LogP contribution >= 0.6 is 11.6 Å². The Morgan fingerprint density at radius 2 is 2.21 bits per heavy atom. The van der Waals surface area contributed by atoms with Gasteiger partial charge in [-0.05, 0) is 31.4 Å². The highest BCUT2D eigenvalue weighted by Crippen LogP contribution is 2.20. The Bertz CT molecular complexity index is 395. The minimum absolute atomic E-state index is 0.263. The lowest BCUT2D eigenvalue weighted by molar-refractivity contribution is -0.0399. The normalized spacial score (nSPS) is 16.5. The van der Waals surface area contributed by atoms with E-state index in [1.165, 1.54) is 0 Å². The van der Waals surface area contributed by atoms with Gasteiger partial charge < -0.3 is 14.8 Å². The van der Waals surface area contributed by atoms with Crippen molar-refractivity contribution in [1.29, 1.82) is 0 Å². The molecule has 0 saturated carbocycles. The fourth-order valence-corrected chi connectivity index (χ4v) is 2.14. The quantitative estimate of drug-likeness (QED) is 0.871. The second kappa shape index (κ2) is 7.68. The topological polar surface area (TPSA) is 43.4 Å². The van der Waals surface area contributed by atoms with Crippen molar-refractivity contribution in [1.82, 2.24) is 4.98 Å². The molecule has 0 bridgehead atoms. The molecule has 5 heteroatoms. The molecule has 0 unspecified atom stereocenters. The van der Waals surface area contributed by atoms with E-state index in [4.69, 9.17) is 21.1 Å². The summed E-state index contributed by atoms with van der Waals surface area (Å²) in [5.41, 5.74) is 0.800. The summed E-state index contributed by atoms with van der Waals surface area (Å²) < 4.78 is 11.2. The third-order valence-electron chi connectivity index (χ3n) is 3.10. The second-order valence-electron chi connectivity index (χ2n) is 4.67. The van der Waals surface area contributed by atoms with Crippen LogP contribution in [0.4, 0.5) is 5.82 Å². The molecule has 0 aliphatic carbocycles. The highest BCUT2D eigenvalue weighted by Gasteiger charge is 2.15. The molecule has 19 heavy (non-hydrogen) atoms. The Balaban J connectivity index is 1.90. The van der Waals surface area contributed by atoms with Crippen LogP contribution in [0.25, 0.3) is 0 Å². The number of pyridine rings is 1. The van der Waals surface area contributed by atoms with Gasteiger partial charge in [0.1, 0.15) is 5.82 Å². The standard InChI is InChI=1S/C14H21ClN2O2/c1-2-7-16-14-4-3-12(15)13(17-14)10-19-11-5-8-18-9-6-11/h3-4,11H,2,5-10H2,1H3,(H,16,17). The average molecular weight is 285 g/mol. The van der Waals surface area contributed by atoms with E-state index >= 15 is 0 Å². The van der Waals surface area contributed by atoms with E-state index in [0.717, 1.165) is 50.5 Å². The molecule has 0 radical (unpaired) electrons. The number of ether oxygens (including phenoxy) is 2. The van der Waals surface area contributed by atoms with Gasteiger partial charge in [0.25, 0.3) is 0 Å². The van der Waals surface area contributed by atoms with Gasteiger partial charge in [-0.15, -0.1) is 0 Å². The largest absolute Gasteiger partial charge is 0.381 e. The summed E-state index contributed by atoms with van der Waals surface area (Å²) in [7, 11) is 0. The van der Waals surface area contributed by atoms with Crippen LogP contribution in [0, 0.1) is 0 Å². The third-order valence-corrected chi connectivity index (χ3v) is 3.44. The van der Waals surface area contributed by atoms with Crippen LogP contribution in [-0.2, 0) is 16.1 Å². The predicted octanol–water partition coefficient (Wildman–Crippen LogP) is 3.25. The van der Waals surface area contributed by atoms with Crippen LogP contribution in [-0.4, -0.2) is 30.8 Å². The lowest BCUT2D eigenvalue weighted by atomic mass is 10.1. The van der Waals surface area contributed by atoms with Gasteiger partial charge in [-0.2, -0.15) is 0 Å². The zero-order valence-electron chi connectivity index (χ0n) is 11.3. The molecule has 1 saturated heterocycles. The van der Waals surface area contributed by atoms with Crippen molar-refractivity contribution in [3.8, 4) is 0 Å². The molecule has 1 fully saturated rings. The van der Waals surface area contributed by atoms with Gasteiger partial charge in [-0.25, -0.2) is 4.98 Å². The molecule has 2 heterocycles. The zero-order chi connectivity index (χ0) is 13.5. The number of halogens is 1. The fraction of sp³-hybridized carbons (Fsp3) is 0.643. The molecule has 1 aliphatic heterocycles. The molecule has 0 aromatic carbocycles. The third kappa shape index (κ3) is 4.64. The van der Waals surface area contributed by atoms with E-state index in [0.29, 0.717) is 11.6 Å². The van der Waals surface area contributed by atoms with Crippen molar-refractivity contribution < 1.29 is 9.47 Å². The maximum absolute atomic E-state index is 6.15. The van der Waals surface area contributed by atoms with E-state index in [-0.39, 0.29) is 6.10 Å². The van der Waals surface area contributed by atoms with Crippen molar-refractivity contribution >= 4 is 17.4 Å². The van der Waals surface area contributed by atoms with Crippen molar-refractivity contribution in [3.05, 3.63) is 22.8 Å². The maximum Gasteiger partial charge on any atom is 0.126 e. The van der Waals surface area contributed by atoms with Crippen LogP contribution < -0.4 is 5.32 Å². The van der Waals surface area contributed by atoms with Gasteiger partial charge in [0.05, 0.1) is 23.4 Å². The Kier molecular flexibility index (Phi) is 5.89. The smallest absolute Gasteiger partial charge is 0.126 e. The Labute approximate surface area is 119 Å². The first-order chi connectivity index (χ1) is 9.29. The van der Waals surface area contributed by atoms with Crippen LogP contribution in [0.2, 0.25) is 5.02 Å². The molecule has 4 nitrogen and oxygen atoms in total. The monoisotopic (exact) mass is 284 g/mol. The van der Waals surface area contributed by atoms with Gasteiger partial charge >= 0.3 is 0 Å². The number of nitrogens with one attached hydrogen (secondary N) is 1. The predicted molar refractivity (Wildman–Crippen MR) is 76.7 cm³/mol. The van der Waals surface area contributed by atoms with Crippen LogP contribution in [0.3, 0.4) is 0 Å². The van der Waals surface area contributed by atoms with Crippen molar-refractivity contribution in [3.63, 3.8) is 0 Å². The van der Waals surface area contributed by atoms with Gasteiger partial charge in [0.2, 0.25) is 0 Å². The number of rotatable bonds is 6. The number of nitrogens with zero attached hydrogens (tertiary/aromatic N) is 1. The summed E-state index contributed by atoms with van der Waals surface area (Å²) in [6, 6.07) is 3.77. The summed E-state index contributed by atoms with van der Waals surface area (Å²) in [6.07, 6.45) is 3.23. The molecule has 1 aromatic heterocycles. The van der Waals surface area contributed by atoms with E-state index in [1.807, 2.05) is 12.1 Å². The molecular weight excluding hydrogens is 264 g/mol. The molecule has 0 amide bonds. The SMILES string of the molecule is CCCNc1ccc(Cl)c(COC2CCOCC2)n1. The highest BCUT2D eigenvalue weighted by atomic mass is 35.5. The summed E-state index contributed by atoms with van der Waals surface area (Å²) in [4.78, 5) is 4.49. The fourth-order valence-electron chi connectivity index (χ4n) is 1.98. The second-order valence-corrected chi connectivity index (χ2v) is 5.08. The molecule has 106 valence electrons. The molecule has 1 aliphatic rings. The lowest BCUT2D eigenvalue weighted by Crippen LogP contribution is -2.23. The Hall–Kier alpha value is -0.840. The average Bonchev–Trinajstić information content (AvgIpc) is 2.46. The van der Waals surface area contributed by atoms with Gasteiger partial charge in [-0.3, -0.25) is 0 Å². The first-order valence-corrected chi connectivity index (χ1v) is 7.26. The highest BCUT2D eigenvalue weighted by molar-refractivity contribution is 6.31. The molecule has 0 atom stereocenters. The van der Waals surface area contributed by atoms with E-state index < -0.39 is 0 Å². The maximum atomic E-state index is 6.15. The van der Waals surface area contributed by atoms with Gasteiger partial charge in [-0.1, -0.05) is 18.5 Å². The van der Waals surface area contributed by atoms with Crippen LogP contribution in [0.5, 0.6) is 0 Å². The van der Waals surface area contributed by atoms with E-state index in [2.05, 4.69) is 17.2 Å². The van der Waals surface area contributed by atoms with Crippen LogP contribution in [0.1, 0.15) is 31.9 Å². The molecule has 2 rings (SSSR count). The lowest BCUT2D eigenvalue weighted by Gasteiger charge is -2.22. The molecule has 0 spiro atoms. The molecule has 1 aromatic rings. The number of anilines is 1. The zero-order valence-corrected chi connectivity index (χ0v) is 12.1. The minimum Gasteiger partial charge on any atom is -0.381 e. The molecular formula is C14H21ClN2O2. The van der Waals surface area contributed by atoms with E-state index in [1.54, 1.807) is 0 Å². The van der Waals surface area contributed by atoms with Crippen molar-refractivity contribution in [2.24, 2.45) is 0 Å². The summed E-state index contributed by atoms with van der Waals surface area (Å²) in [6.45, 7) is 5.06. The Morgan fingerprint density at radius 3 is 2.95 bits per heavy atom. The van der Waals surface area contributed by atoms with Crippen LogP contribution in [0.15, 0.2) is 12.1 Å². The van der Waals surface area contributed by atoms with Crippen molar-refractivity contribution in [2.75, 3.05) is 25.1 Å². The molecule has 1 N–H and O–H groups in total. The van der Waals surface area contributed by atoms with E-state index in [9.17, 15) is 0 Å². The summed E-state index contributed by atoms with van der Waals surface area (Å²) >= 11 is 6.15. The number of hydrogen-bond donors (Lipinski definition) is 1. The summed E-state index contributed by atoms with van der Waals surface area (Å²) in [5, 5.41) is 3.92.